The second-order valence-electron chi connectivity index (χ2n) is 4.78. The van der Waals surface area contributed by atoms with Crippen LogP contribution in [0.3, 0.4) is 0 Å². The predicted molar refractivity (Wildman–Crippen MR) is 62.9 cm³/mol. The van der Waals surface area contributed by atoms with Gasteiger partial charge in [0.15, 0.2) is 0 Å². The highest BCUT2D eigenvalue weighted by atomic mass is 16.3. The summed E-state index contributed by atoms with van der Waals surface area (Å²) in [6.07, 6.45) is 5.58. The number of rotatable bonds is 5. The molecule has 2 unspecified atom stereocenters. The second-order valence-corrected chi connectivity index (χ2v) is 4.78. The lowest BCUT2D eigenvalue weighted by molar-refractivity contribution is 0.192. The molecule has 1 heterocycles. The molecule has 0 aliphatic heterocycles. The molecule has 0 saturated heterocycles. The number of hydrogen-bond donors (Lipinski definition) is 3. The number of nitrogens with zero attached hydrogens (tertiary/aromatic N) is 1. The molecule has 2 rings (SSSR count). The van der Waals surface area contributed by atoms with Crippen LogP contribution in [0.1, 0.15) is 30.5 Å². The van der Waals surface area contributed by atoms with Crippen LogP contribution in [0.15, 0.2) is 6.20 Å². The Morgan fingerprint density at radius 2 is 2.31 bits per heavy atom. The monoisotopic (exact) mass is 223 g/mol. The van der Waals surface area contributed by atoms with Gasteiger partial charge < -0.3 is 10.4 Å². The van der Waals surface area contributed by atoms with Gasteiger partial charge in [-0.15, -0.1) is 0 Å². The van der Waals surface area contributed by atoms with Crippen molar-refractivity contribution in [1.29, 1.82) is 0 Å². The van der Waals surface area contributed by atoms with Gasteiger partial charge in [0.2, 0.25) is 0 Å². The SMILES string of the molecule is Cc1[nH]ncc1CNCC1CCCC1CO. The van der Waals surface area contributed by atoms with Crippen molar-refractivity contribution in [2.45, 2.75) is 32.7 Å². The topological polar surface area (TPSA) is 60.9 Å². The van der Waals surface area contributed by atoms with Gasteiger partial charge in [-0.05, 0) is 38.1 Å². The van der Waals surface area contributed by atoms with Crippen molar-refractivity contribution in [3.63, 3.8) is 0 Å². The van der Waals surface area contributed by atoms with Crippen LogP contribution < -0.4 is 5.32 Å². The molecule has 1 saturated carbocycles. The number of H-pyrrole nitrogens is 1. The lowest BCUT2D eigenvalue weighted by Crippen LogP contribution is -2.26. The predicted octanol–water partition coefficient (Wildman–Crippen LogP) is 1.22. The van der Waals surface area contributed by atoms with E-state index in [1.54, 1.807) is 0 Å². The largest absolute Gasteiger partial charge is 0.396 e. The molecule has 90 valence electrons. The molecule has 1 aliphatic rings. The summed E-state index contributed by atoms with van der Waals surface area (Å²) in [5.74, 6) is 1.16. The summed E-state index contributed by atoms with van der Waals surface area (Å²) in [5.41, 5.74) is 2.37. The minimum atomic E-state index is 0.344. The normalized spacial score (nSPS) is 25.1. The maximum absolute atomic E-state index is 9.22. The molecule has 1 aromatic heterocycles. The van der Waals surface area contributed by atoms with E-state index in [4.69, 9.17) is 0 Å². The van der Waals surface area contributed by atoms with Crippen LogP contribution in [-0.2, 0) is 6.54 Å². The van der Waals surface area contributed by atoms with Gasteiger partial charge in [0.05, 0.1) is 6.20 Å². The summed E-state index contributed by atoms with van der Waals surface area (Å²) in [7, 11) is 0. The smallest absolute Gasteiger partial charge is 0.0535 e. The highest BCUT2D eigenvalue weighted by molar-refractivity contribution is 5.13. The van der Waals surface area contributed by atoms with E-state index in [2.05, 4.69) is 15.5 Å². The zero-order valence-electron chi connectivity index (χ0n) is 9.87. The Labute approximate surface area is 96.5 Å². The van der Waals surface area contributed by atoms with Crippen LogP contribution in [-0.4, -0.2) is 28.5 Å². The van der Waals surface area contributed by atoms with E-state index in [1.165, 1.54) is 24.8 Å². The van der Waals surface area contributed by atoms with E-state index in [-0.39, 0.29) is 0 Å². The van der Waals surface area contributed by atoms with Gasteiger partial charge in [0, 0.05) is 24.4 Å². The fourth-order valence-corrected chi connectivity index (χ4v) is 2.57. The number of aliphatic hydroxyl groups excluding tert-OH is 1. The molecule has 4 heteroatoms. The number of aromatic amines is 1. The number of aliphatic hydroxyl groups is 1. The van der Waals surface area contributed by atoms with Gasteiger partial charge in [0.1, 0.15) is 0 Å². The third-order valence-electron chi connectivity index (χ3n) is 3.71. The molecule has 0 amide bonds. The molecular weight excluding hydrogens is 202 g/mol. The Hall–Kier alpha value is -0.870. The second kappa shape index (κ2) is 5.46. The van der Waals surface area contributed by atoms with Crippen LogP contribution in [0.2, 0.25) is 0 Å². The average Bonchev–Trinajstić information content (AvgIpc) is 2.88. The maximum Gasteiger partial charge on any atom is 0.0535 e. The highest BCUT2D eigenvalue weighted by Gasteiger charge is 2.25. The summed E-state index contributed by atoms with van der Waals surface area (Å²) in [4.78, 5) is 0. The summed E-state index contributed by atoms with van der Waals surface area (Å²) in [5, 5.41) is 19.6. The lowest BCUT2D eigenvalue weighted by Gasteiger charge is -2.17. The summed E-state index contributed by atoms with van der Waals surface area (Å²) in [6.45, 7) is 4.26. The number of nitrogens with one attached hydrogen (secondary N) is 2. The zero-order valence-corrected chi connectivity index (χ0v) is 9.87. The van der Waals surface area contributed by atoms with E-state index in [9.17, 15) is 5.11 Å². The van der Waals surface area contributed by atoms with E-state index >= 15 is 0 Å². The summed E-state index contributed by atoms with van der Waals surface area (Å²) >= 11 is 0. The maximum atomic E-state index is 9.22. The van der Waals surface area contributed by atoms with Crippen LogP contribution in [0, 0.1) is 18.8 Å². The molecule has 0 bridgehead atoms. The number of aryl methyl sites for hydroxylation is 1. The Kier molecular flexibility index (Phi) is 3.96. The molecule has 0 aromatic carbocycles. The molecule has 1 aliphatic carbocycles. The Morgan fingerprint density at radius 3 is 3.00 bits per heavy atom. The van der Waals surface area contributed by atoms with E-state index in [0.29, 0.717) is 18.4 Å². The summed E-state index contributed by atoms with van der Waals surface area (Å²) < 4.78 is 0. The Balaban J connectivity index is 1.74. The fraction of sp³-hybridized carbons (Fsp3) is 0.750. The first-order valence-electron chi connectivity index (χ1n) is 6.11. The van der Waals surface area contributed by atoms with E-state index in [0.717, 1.165) is 18.8 Å². The molecule has 0 spiro atoms. The third kappa shape index (κ3) is 2.62. The molecule has 4 nitrogen and oxygen atoms in total. The van der Waals surface area contributed by atoms with Crippen LogP contribution >= 0.6 is 0 Å². The Morgan fingerprint density at radius 1 is 1.50 bits per heavy atom. The van der Waals surface area contributed by atoms with Crippen molar-refractivity contribution in [2.24, 2.45) is 11.8 Å². The molecule has 1 aromatic rings. The van der Waals surface area contributed by atoms with Gasteiger partial charge in [-0.3, -0.25) is 5.10 Å². The first-order valence-corrected chi connectivity index (χ1v) is 6.11. The molecule has 16 heavy (non-hydrogen) atoms. The summed E-state index contributed by atoms with van der Waals surface area (Å²) in [6, 6.07) is 0. The quantitative estimate of drug-likeness (QED) is 0.703. The van der Waals surface area contributed by atoms with Gasteiger partial charge in [0.25, 0.3) is 0 Å². The third-order valence-corrected chi connectivity index (χ3v) is 3.71. The van der Waals surface area contributed by atoms with Crippen molar-refractivity contribution in [3.05, 3.63) is 17.5 Å². The standard InChI is InChI=1S/C12H21N3O/c1-9-12(7-14-15-9)6-13-5-10-3-2-4-11(10)8-16/h7,10-11,13,16H,2-6,8H2,1H3,(H,14,15). The zero-order chi connectivity index (χ0) is 11.4. The minimum Gasteiger partial charge on any atom is -0.396 e. The lowest BCUT2D eigenvalue weighted by atomic mass is 9.97. The number of hydrogen-bond acceptors (Lipinski definition) is 3. The van der Waals surface area contributed by atoms with Gasteiger partial charge in [-0.25, -0.2) is 0 Å². The molecule has 1 fully saturated rings. The first kappa shape index (κ1) is 11.6. The average molecular weight is 223 g/mol. The van der Waals surface area contributed by atoms with Gasteiger partial charge in [-0.1, -0.05) is 6.42 Å². The highest BCUT2D eigenvalue weighted by Crippen LogP contribution is 2.30. The molecule has 0 radical (unpaired) electrons. The fourth-order valence-electron chi connectivity index (χ4n) is 2.57. The first-order chi connectivity index (χ1) is 7.81. The number of aromatic nitrogens is 2. The van der Waals surface area contributed by atoms with E-state index in [1.807, 2.05) is 13.1 Å². The molecular formula is C12H21N3O. The van der Waals surface area contributed by atoms with Crippen LogP contribution in [0.4, 0.5) is 0 Å². The van der Waals surface area contributed by atoms with Crippen molar-refractivity contribution in [1.82, 2.24) is 15.5 Å². The van der Waals surface area contributed by atoms with Crippen molar-refractivity contribution in [2.75, 3.05) is 13.2 Å². The molecule has 3 N–H and O–H groups in total. The minimum absolute atomic E-state index is 0.344. The van der Waals surface area contributed by atoms with Crippen LogP contribution in [0.5, 0.6) is 0 Å². The van der Waals surface area contributed by atoms with Crippen molar-refractivity contribution >= 4 is 0 Å². The van der Waals surface area contributed by atoms with Gasteiger partial charge >= 0.3 is 0 Å². The van der Waals surface area contributed by atoms with Gasteiger partial charge in [-0.2, -0.15) is 5.10 Å². The van der Waals surface area contributed by atoms with Crippen molar-refractivity contribution < 1.29 is 5.11 Å². The molecule has 2 atom stereocenters. The van der Waals surface area contributed by atoms with Crippen LogP contribution in [0.25, 0.3) is 0 Å². The van der Waals surface area contributed by atoms with E-state index < -0.39 is 0 Å². The Bertz CT molecular complexity index is 324. The van der Waals surface area contributed by atoms with Crippen molar-refractivity contribution in [3.8, 4) is 0 Å².